The number of furan rings is 1. The van der Waals surface area contributed by atoms with E-state index in [0.29, 0.717) is 11.5 Å². The highest BCUT2D eigenvalue weighted by Gasteiger charge is 2.12. The molecular formula is C13H10N2O2S. The van der Waals surface area contributed by atoms with Crippen LogP contribution >= 0.6 is 11.8 Å². The number of carbonyl (C=O) groups is 1. The molecule has 0 saturated heterocycles. The lowest BCUT2D eigenvalue weighted by Crippen LogP contribution is -2.00. The van der Waals surface area contributed by atoms with E-state index in [0.717, 1.165) is 16.1 Å². The number of nitrogens with one attached hydrogen (secondary N) is 1. The molecule has 2 heterocycles. The Labute approximate surface area is 107 Å². The molecule has 0 aliphatic carbocycles. The number of Topliss-reactive ketones (excluding diaryl/α,β-unsaturated/α-hetero) is 1. The summed E-state index contributed by atoms with van der Waals surface area (Å²) < 4.78 is 5.51. The van der Waals surface area contributed by atoms with Gasteiger partial charge in [-0.25, -0.2) is 4.98 Å². The van der Waals surface area contributed by atoms with Crippen molar-refractivity contribution < 1.29 is 9.21 Å². The van der Waals surface area contributed by atoms with Crippen molar-refractivity contribution in [3.63, 3.8) is 0 Å². The highest BCUT2D eigenvalue weighted by molar-refractivity contribution is 7.99. The molecule has 0 fully saturated rings. The molecule has 0 saturated carbocycles. The van der Waals surface area contributed by atoms with Gasteiger partial charge >= 0.3 is 0 Å². The molecule has 0 radical (unpaired) electrons. The van der Waals surface area contributed by atoms with Crippen LogP contribution in [0.25, 0.3) is 11.0 Å². The van der Waals surface area contributed by atoms with Crippen molar-refractivity contribution in [2.24, 2.45) is 0 Å². The van der Waals surface area contributed by atoms with Crippen molar-refractivity contribution in [2.75, 3.05) is 5.75 Å². The Morgan fingerprint density at radius 3 is 3.06 bits per heavy atom. The maximum atomic E-state index is 12.0. The summed E-state index contributed by atoms with van der Waals surface area (Å²) in [7, 11) is 0. The number of imidazole rings is 1. The zero-order valence-electron chi connectivity index (χ0n) is 9.42. The summed E-state index contributed by atoms with van der Waals surface area (Å²) in [6.07, 6.45) is 3.39. The second-order valence-corrected chi connectivity index (χ2v) is 4.72. The highest BCUT2D eigenvalue weighted by atomic mass is 32.2. The summed E-state index contributed by atoms with van der Waals surface area (Å²) >= 11 is 1.36. The van der Waals surface area contributed by atoms with Gasteiger partial charge in [-0.1, -0.05) is 30.0 Å². The fourth-order valence-electron chi connectivity index (χ4n) is 1.65. The van der Waals surface area contributed by atoms with Crippen molar-refractivity contribution in [1.82, 2.24) is 9.97 Å². The molecule has 2 aromatic heterocycles. The molecule has 90 valence electrons. The Bertz CT molecular complexity index is 640. The Kier molecular flexibility index (Phi) is 2.90. The summed E-state index contributed by atoms with van der Waals surface area (Å²) in [6.45, 7) is 0. The summed E-state index contributed by atoms with van der Waals surface area (Å²) in [5, 5.41) is 1.68. The average Bonchev–Trinajstić information content (AvgIpc) is 3.04. The summed E-state index contributed by atoms with van der Waals surface area (Å²) in [6, 6.07) is 9.36. The molecule has 0 bridgehead atoms. The molecule has 18 heavy (non-hydrogen) atoms. The first kappa shape index (κ1) is 11.1. The standard InChI is InChI=1S/C13H10N2O2S/c16-10(8-18-13-14-5-6-15-13)12-7-9-3-1-2-4-11(9)17-12/h1-7H,8H2,(H,14,15). The number of H-pyrrole nitrogens is 1. The molecule has 0 spiro atoms. The van der Waals surface area contributed by atoms with Gasteiger partial charge < -0.3 is 9.40 Å². The average molecular weight is 258 g/mol. The van der Waals surface area contributed by atoms with E-state index < -0.39 is 0 Å². The van der Waals surface area contributed by atoms with Crippen LogP contribution in [0.1, 0.15) is 10.6 Å². The summed E-state index contributed by atoms with van der Waals surface area (Å²) in [4.78, 5) is 18.9. The molecule has 0 aliphatic heterocycles. The number of hydrogen-bond acceptors (Lipinski definition) is 4. The van der Waals surface area contributed by atoms with Crippen molar-refractivity contribution >= 4 is 28.5 Å². The zero-order valence-corrected chi connectivity index (χ0v) is 10.2. The monoisotopic (exact) mass is 258 g/mol. The lowest BCUT2D eigenvalue weighted by atomic mass is 10.2. The van der Waals surface area contributed by atoms with E-state index in [-0.39, 0.29) is 5.78 Å². The van der Waals surface area contributed by atoms with E-state index >= 15 is 0 Å². The van der Waals surface area contributed by atoms with Crippen LogP contribution in [-0.2, 0) is 0 Å². The van der Waals surface area contributed by atoms with Crippen molar-refractivity contribution in [2.45, 2.75) is 5.16 Å². The molecule has 0 amide bonds. The molecule has 1 aromatic carbocycles. The Hall–Kier alpha value is -2.01. The van der Waals surface area contributed by atoms with E-state index in [1.165, 1.54) is 11.8 Å². The van der Waals surface area contributed by atoms with E-state index in [1.54, 1.807) is 18.5 Å². The predicted molar refractivity (Wildman–Crippen MR) is 69.9 cm³/mol. The van der Waals surface area contributed by atoms with Crippen LogP contribution in [0.4, 0.5) is 0 Å². The minimum atomic E-state index is -0.0346. The smallest absolute Gasteiger partial charge is 0.208 e. The number of fused-ring (bicyclic) bond motifs is 1. The van der Waals surface area contributed by atoms with Gasteiger partial charge in [-0.15, -0.1) is 0 Å². The van der Waals surface area contributed by atoms with Gasteiger partial charge in [-0.05, 0) is 12.1 Å². The third-order valence-electron chi connectivity index (χ3n) is 2.51. The van der Waals surface area contributed by atoms with Gasteiger partial charge in [-0.3, -0.25) is 4.79 Å². The number of thioether (sulfide) groups is 1. The number of benzene rings is 1. The SMILES string of the molecule is O=C(CSc1ncc[nH]1)c1cc2ccccc2o1. The zero-order chi connectivity index (χ0) is 12.4. The first-order valence-corrected chi connectivity index (χ1v) is 6.45. The predicted octanol–water partition coefficient (Wildman–Crippen LogP) is 3.13. The lowest BCUT2D eigenvalue weighted by molar-refractivity contribution is 0.0994. The Morgan fingerprint density at radius 2 is 2.28 bits per heavy atom. The Morgan fingerprint density at radius 1 is 1.39 bits per heavy atom. The number of ketones is 1. The molecule has 3 aromatic rings. The second-order valence-electron chi connectivity index (χ2n) is 3.75. The molecule has 1 N–H and O–H groups in total. The van der Waals surface area contributed by atoms with Crippen LogP contribution in [0.3, 0.4) is 0 Å². The minimum Gasteiger partial charge on any atom is -0.453 e. The van der Waals surface area contributed by atoms with Crippen LogP contribution < -0.4 is 0 Å². The molecule has 0 unspecified atom stereocenters. The van der Waals surface area contributed by atoms with E-state index in [2.05, 4.69) is 9.97 Å². The third-order valence-corrected chi connectivity index (χ3v) is 3.42. The first-order chi connectivity index (χ1) is 8.83. The van der Waals surface area contributed by atoms with Gasteiger partial charge in [0.05, 0.1) is 5.75 Å². The van der Waals surface area contributed by atoms with E-state index in [9.17, 15) is 4.79 Å². The van der Waals surface area contributed by atoms with Crippen LogP contribution in [0.15, 0.2) is 52.3 Å². The van der Waals surface area contributed by atoms with Crippen molar-refractivity contribution in [1.29, 1.82) is 0 Å². The van der Waals surface area contributed by atoms with E-state index in [4.69, 9.17) is 4.42 Å². The molecule has 0 atom stereocenters. The van der Waals surface area contributed by atoms with Gasteiger partial charge in [0, 0.05) is 17.8 Å². The maximum Gasteiger partial charge on any atom is 0.208 e. The lowest BCUT2D eigenvalue weighted by Gasteiger charge is -1.94. The second kappa shape index (κ2) is 4.70. The van der Waals surface area contributed by atoms with Crippen LogP contribution in [0.2, 0.25) is 0 Å². The van der Waals surface area contributed by atoms with Crippen LogP contribution in [0, 0.1) is 0 Å². The number of nitrogens with zero attached hydrogens (tertiary/aromatic N) is 1. The number of carbonyl (C=O) groups excluding carboxylic acids is 1. The molecule has 3 rings (SSSR count). The highest BCUT2D eigenvalue weighted by Crippen LogP contribution is 2.21. The molecule has 4 nitrogen and oxygen atoms in total. The fraction of sp³-hybridized carbons (Fsp3) is 0.0769. The van der Waals surface area contributed by atoms with E-state index in [1.807, 2.05) is 24.3 Å². The quantitative estimate of drug-likeness (QED) is 0.577. The number of para-hydroxylation sites is 1. The normalized spacial score (nSPS) is 10.9. The van der Waals surface area contributed by atoms with Gasteiger partial charge in [0.15, 0.2) is 10.9 Å². The van der Waals surface area contributed by atoms with Gasteiger partial charge in [0.25, 0.3) is 0 Å². The third kappa shape index (κ3) is 2.17. The fourth-order valence-corrected chi connectivity index (χ4v) is 2.35. The first-order valence-electron chi connectivity index (χ1n) is 5.47. The van der Waals surface area contributed by atoms with Crippen LogP contribution in [-0.4, -0.2) is 21.5 Å². The molecular weight excluding hydrogens is 248 g/mol. The number of aromatic nitrogens is 2. The minimum absolute atomic E-state index is 0.0346. The maximum absolute atomic E-state index is 12.0. The van der Waals surface area contributed by atoms with Gasteiger partial charge in [0.2, 0.25) is 5.78 Å². The largest absolute Gasteiger partial charge is 0.453 e. The Balaban J connectivity index is 1.75. The summed E-state index contributed by atoms with van der Waals surface area (Å²) in [5.41, 5.74) is 0.740. The number of hydrogen-bond donors (Lipinski definition) is 1. The molecule has 0 aliphatic rings. The van der Waals surface area contributed by atoms with Crippen molar-refractivity contribution in [3.05, 3.63) is 48.5 Å². The molecule has 5 heteroatoms. The van der Waals surface area contributed by atoms with Gasteiger partial charge in [-0.2, -0.15) is 0 Å². The van der Waals surface area contributed by atoms with Crippen molar-refractivity contribution in [3.8, 4) is 0 Å². The van der Waals surface area contributed by atoms with Crippen LogP contribution in [0.5, 0.6) is 0 Å². The number of aromatic amines is 1. The summed E-state index contributed by atoms with van der Waals surface area (Å²) in [5.74, 6) is 0.677. The van der Waals surface area contributed by atoms with Gasteiger partial charge in [0.1, 0.15) is 5.58 Å². The topological polar surface area (TPSA) is 58.9 Å². The number of rotatable bonds is 4.